The summed E-state index contributed by atoms with van der Waals surface area (Å²) in [5, 5.41) is 0. The summed E-state index contributed by atoms with van der Waals surface area (Å²) in [5.74, 6) is 0.266. The van der Waals surface area contributed by atoms with Gasteiger partial charge < -0.3 is 14.7 Å². The fraction of sp³-hybridized carbons (Fsp3) is 0.905. The molecule has 5 nitrogen and oxygen atoms in total. The highest BCUT2D eigenvalue weighted by Crippen LogP contribution is 2.33. The topological polar surface area (TPSA) is 43.9 Å². The Morgan fingerprint density at radius 3 is 2.04 bits per heavy atom. The number of nitrogens with zero attached hydrogens (tertiary/aromatic N) is 3. The molecule has 5 heteroatoms. The van der Waals surface area contributed by atoms with Crippen LogP contribution in [0.25, 0.3) is 0 Å². The Labute approximate surface area is 159 Å². The zero-order chi connectivity index (χ0) is 18.5. The molecule has 26 heavy (non-hydrogen) atoms. The number of amides is 2. The predicted octanol–water partition coefficient (Wildman–Crippen LogP) is 2.75. The monoisotopic (exact) mass is 363 g/mol. The van der Waals surface area contributed by atoms with Crippen LogP contribution in [0, 0.1) is 11.8 Å². The van der Waals surface area contributed by atoms with Crippen LogP contribution in [-0.2, 0) is 9.59 Å². The second-order valence-corrected chi connectivity index (χ2v) is 8.71. The molecule has 2 aliphatic carbocycles. The van der Waals surface area contributed by atoms with Crippen molar-refractivity contribution in [2.45, 2.75) is 70.3 Å². The van der Waals surface area contributed by atoms with E-state index < -0.39 is 0 Å². The summed E-state index contributed by atoms with van der Waals surface area (Å²) >= 11 is 0. The molecule has 1 heterocycles. The summed E-state index contributed by atoms with van der Waals surface area (Å²) in [6.07, 6.45) is 11.4. The molecule has 148 valence electrons. The van der Waals surface area contributed by atoms with Crippen molar-refractivity contribution in [2.24, 2.45) is 11.8 Å². The minimum Gasteiger partial charge on any atom is -0.344 e. The van der Waals surface area contributed by atoms with Crippen molar-refractivity contribution in [2.75, 3.05) is 40.3 Å². The lowest BCUT2D eigenvalue weighted by atomic mass is 9.77. The zero-order valence-corrected chi connectivity index (χ0v) is 16.8. The summed E-state index contributed by atoms with van der Waals surface area (Å²) in [7, 11) is 4.12. The predicted molar refractivity (Wildman–Crippen MR) is 104 cm³/mol. The largest absolute Gasteiger partial charge is 0.344 e. The van der Waals surface area contributed by atoms with Gasteiger partial charge in [0.25, 0.3) is 0 Å². The van der Waals surface area contributed by atoms with Gasteiger partial charge in [0.1, 0.15) is 0 Å². The van der Waals surface area contributed by atoms with Gasteiger partial charge in [-0.3, -0.25) is 9.59 Å². The fourth-order valence-corrected chi connectivity index (χ4v) is 5.12. The van der Waals surface area contributed by atoms with Gasteiger partial charge in [0.05, 0.1) is 0 Å². The third-order valence-electron chi connectivity index (χ3n) is 6.93. The van der Waals surface area contributed by atoms with Crippen LogP contribution in [0.5, 0.6) is 0 Å². The zero-order valence-electron chi connectivity index (χ0n) is 16.8. The Morgan fingerprint density at radius 2 is 1.38 bits per heavy atom. The highest BCUT2D eigenvalue weighted by atomic mass is 16.2. The van der Waals surface area contributed by atoms with Gasteiger partial charge in [-0.25, -0.2) is 0 Å². The molecule has 0 unspecified atom stereocenters. The molecule has 0 radical (unpaired) electrons. The van der Waals surface area contributed by atoms with Crippen LogP contribution in [0.2, 0.25) is 0 Å². The molecule has 1 aliphatic heterocycles. The molecular weight excluding hydrogens is 326 g/mol. The van der Waals surface area contributed by atoms with E-state index in [9.17, 15) is 9.59 Å². The third-order valence-corrected chi connectivity index (χ3v) is 6.93. The van der Waals surface area contributed by atoms with E-state index in [1.165, 1.54) is 25.7 Å². The van der Waals surface area contributed by atoms with Crippen LogP contribution in [0.1, 0.15) is 64.2 Å². The molecule has 3 fully saturated rings. The van der Waals surface area contributed by atoms with Gasteiger partial charge in [-0.15, -0.1) is 0 Å². The van der Waals surface area contributed by atoms with E-state index in [0.717, 1.165) is 64.7 Å². The van der Waals surface area contributed by atoms with Crippen LogP contribution >= 0.6 is 0 Å². The van der Waals surface area contributed by atoms with Crippen molar-refractivity contribution in [1.82, 2.24) is 14.7 Å². The number of likely N-dealkylation sites (tertiary alicyclic amines) is 1. The Hall–Kier alpha value is -1.10. The number of carbonyl (C=O) groups is 2. The third kappa shape index (κ3) is 4.59. The maximum atomic E-state index is 13.1. The number of carbonyl (C=O) groups excluding carboxylic acids is 2. The van der Waals surface area contributed by atoms with E-state index in [1.807, 2.05) is 16.8 Å². The van der Waals surface area contributed by atoms with Gasteiger partial charge in [-0.05, 0) is 45.6 Å². The van der Waals surface area contributed by atoms with Gasteiger partial charge >= 0.3 is 0 Å². The van der Waals surface area contributed by atoms with E-state index >= 15 is 0 Å². The van der Waals surface area contributed by atoms with Gasteiger partial charge in [0.2, 0.25) is 11.8 Å². The molecule has 0 aromatic heterocycles. The van der Waals surface area contributed by atoms with Gasteiger partial charge in [-0.2, -0.15) is 0 Å². The van der Waals surface area contributed by atoms with Crippen molar-refractivity contribution in [3.8, 4) is 0 Å². The molecule has 2 saturated carbocycles. The highest BCUT2D eigenvalue weighted by molar-refractivity contribution is 5.88. The Bertz CT molecular complexity index is 484. The quantitative estimate of drug-likeness (QED) is 0.729. The molecule has 3 aliphatic rings. The first-order valence-corrected chi connectivity index (χ1v) is 10.8. The summed E-state index contributed by atoms with van der Waals surface area (Å²) < 4.78 is 0. The van der Waals surface area contributed by atoms with Crippen molar-refractivity contribution in [1.29, 1.82) is 0 Å². The second kappa shape index (κ2) is 9.20. The Balaban J connectivity index is 1.54. The summed E-state index contributed by atoms with van der Waals surface area (Å²) in [6, 6.07) is 0.692. The van der Waals surface area contributed by atoms with Gasteiger partial charge in [0.15, 0.2) is 0 Å². The van der Waals surface area contributed by atoms with E-state index in [0.29, 0.717) is 6.04 Å². The average Bonchev–Trinajstić information content (AvgIpc) is 3.38. The van der Waals surface area contributed by atoms with E-state index in [-0.39, 0.29) is 23.7 Å². The summed E-state index contributed by atoms with van der Waals surface area (Å²) in [4.78, 5) is 32.3. The minimum atomic E-state index is -0.0985. The fourth-order valence-electron chi connectivity index (χ4n) is 5.12. The van der Waals surface area contributed by atoms with E-state index in [4.69, 9.17) is 0 Å². The standard InChI is InChI=1S/C21H37N3O2/c1-22(17-9-3-4-10-17)15-16-23(2)20(25)18-11-5-6-12-19(18)21(26)24-13-7-8-14-24/h17-19H,3-16H2,1-2H3/t18-,19+/m0/s1. The lowest BCUT2D eigenvalue weighted by molar-refractivity contribution is -0.147. The van der Waals surface area contributed by atoms with Crippen molar-refractivity contribution < 1.29 is 9.59 Å². The molecular formula is C21H37N3O2. The van der Waals surface area contributed by atoms with Crippen LogP contribution in [0.4, 0.5) is 0 Å². The molecule has 0 aromatic rings. The SMILES string of the molecule is CN(CCN(C)C1CCCC1)C(=O)[C@H]1CCCC[C@H]1C(=O)N1CCCC1. The molecule has 2 amide bonds. The first kappa shape index (κ1) is 19.7. The summed E-state index contributed by atoms with van der Waals surface area (Å²) in [6.45, 7) is 3.48. The Morgan fingerprint density at radius 1 is 0.808 bits per heavy atom. The smallest absolute Gasteiger partial charge is 0.226 e. The molecule has 1 saturated heterocycles. The minimum absolute atomic E-state index is 0.0793. The van der Waals surface area contributed by atoms with Crippen LogP contribution in [-0.4, -0.2) is 72.8 Å². The Kier molecular flexibility index (Phi) is 6.96. The number of hydrogen-bond acceptors (Lipinski definition) is 3. The van der Waals surface area contributed by atoms with Crippen LogP contribution in [0.15, 0.2) is 0 Å². The maximum absolute atomic E-state index is 13.1. The number of hydrogen-bond donors (Lipinski definition) is 0. The normalized spacial score (nSPS) is 27.3. The highest BCUT2D eigenvalue weighted by Gasteiger charge is 2.39. The lowest BCUT2D eigenvalue weighted by Gasteiger charge is -2.35. The van der Waals surface area contributed by atoms with Crippen molar-refractivity contribution in [3.63, 3.8) is 0 Å². The van der Waals surface area contributed by atoms with Crippen molar-refractivity contribution >= 4 is 11.8 Å². The molecule has 0 bridgehead atoms. The van der Waals surface area contributed by atoms with Gasteiger partial charge in [0, 0.05) is 51.1 Å². The maximum Gasteiger partial charge on any atom is 0.226 e. The molecule has 2 atom stereocenters. The van der Waals surface area contributed by atoms with Crippen LogP contribution < -0.4 is 0 Å². The van der Waals surface area contributed by atoms with E-state index in [1.54, 1.807) is 0 Å². The first-order valence-electron chi connectivity index (χ1n) is 10.8. The molecule has 3 rings (SSSR count). The van der Waals surface area contributed by atoms with Gasteiger partial charge in [-0.1, -0.05) is 25.7 Å². The summed E-state index contributed by atoms with van der Waals surface area (Å²) in [5.41, 5.74) is 0. The average molecular weight is 364 g/mol. The van der Waals surface area contributed by atoms with Crippen LogP contribution in [0.3, 0.4) is 0 Å². The van der Waals surface area contributed by atoms with E-state index in [2.05, 4.69) is 11.9 Å². The molecule has 0 spiro atoms. The first-order chi connectivity index (χ1) is 12.6. The molecule has 0 aromatic carbocycles. The number of likely N-dealkylation sites (N-methyl/N-ethyl adjacent to an activating group) is 2. The molecule has 0 N–H and O–H groups in total. The number of rotatable bonds is 6. The van der Waals surface area contributed by atoms with Crippen molar-refractivity contribution in [3.05, 3.63) is 0 Å². The second-order valence-electron chi connectivity index (χ2n) is 8.71. The lowest BCUT2D eigenvalue weighted by Crippen LogP contribution is -2.46.